The molecular weight excluding hydrogens is 218 g/mol. The molecule has 0 fully saturated rings. The Morgan fingerprint density at radius 1 is 1.44 bits per heavy atom. The lowest BCUT2D eigenvalue weighted by Gasteiger charge is -2.25. The van der Waals surface area contributed by atoms with Gasteiger partial charge in [-0.15, -0.1) is 11.3 Å². The molecule has 1 aromatic heterocycles. The molecule has 1 rings (SSSR count). The van der Waals surface area contributed by atoms with Gasteiger partial charge in [-0.3, -0.25) is 0 Å². The molecule has 3 nitrogen and oxygen atoms in total. The van der Waals surface area contributed by atoms with Crippen LogP contribution >= 0.6 is 11.3 Å². The van der Waals surface area contributed by atoms with Crippen LogP contribution in [0.15, 0.2) is 5.38 Å². The second kappa shape index (κ2) is 6.33. The molecule has 1 aromatic rings. The van der Waals surface area contributed by atoms with Gasteiger partial charge in [-0.2, -0.15) is 0 Å². The number of aromatic nitrogens is 1. The Morgan fingerprint density at radius 3 is 2.56 bits per heavy atom. The van der Waals surface area contributed by atoms with Crippen molar-refractivity contribution < 1.29 is 0 Å². The van der Waals surface area contributed by atoms with Crippen LogP contribution in [0.4, 0.5) is 0 Å². The summed E-state index contributed by atoms with van der Waals surface area (Å²) in [5, 5.41) is 6.86. The molecule has 1 N–H and O–H groups in total. The van der Waals surface area contributed by atoms with E-state index in [4.69, 9.17) is 0 Å². The summed E-state index contributed by atoms with van der Waals surface area (Å²) in [6, 6.07) is 0.525. The van der Waals surface area contributed by atoms with E-state index in [0.29, 0.717) is 12.0 Å². The minimum atomic E-state index is 0.525. The topological polar surface area (TPSA) is 28.2 Å². The van der Waals surface area contributed by atoms with Crippen LogP contribution in [0.5, 0.6) is 0 Å². The maximum Gasteiger partial charge on any atom is 0.0897 e. The average Bonchev–Trinajstić information content (AvgIpc) is 2.58. The zero-order valence-corrected chi connectivity index (χ0v) is 11.8. The lowest BCUT2D eigenvalue weighted by atomic mass is 10.0. The summed E-state index contributed by atoms with van der Waals surface area (Å²) in [5.41, 5.74) is 1.16. The van der Waals surface area contributed by atoms with Gasteiger partial charge in [0, 0.05) is 24.5 Å². The van der Waals surface area contributed by atoms with Gasteiger partial charge in [-0.05, 0) is 26.9 Å². The fourth-order valence-corrected chi connectivity index (χ4v) is 2.24. The third kappa shape index (κ3) is 4.60. The van der Waals surface area contributed by atoms with E-state index >= 15 is 0 Å². The SMILES string of the molecule is Cc1nc(CNC(CN(C)C)C(C)C)cs1. The number of hydrogen-bond donors (Lipinski definition) is 1. The lowest BCUT2D eigenvalue weighted by molar-refractivity contribution is 0.287. The highest BCUT2D eigenvalue weighted by atomic mass is 32.1. The number of nitrogens with one attached hydrogen (secondary N) is 1. The van der Waals surface area contributed by atoms with Gasteiger partial charge in [-0.25, -0.2) is 4.98 Å². The zero-order valence-electron chi connectivity index (χ0n) is 10.9. The second-order valence-corrected chi connectivity index (χ2v) is 5.91. The summed E-state index contributed by atoms with van der Waals surface area (Å²) in [6.07, 6.45) is 0. The van der Waals surface area contributed by atoms with Crippen molar-refractivity contribution in [3.63, 3.8) is 0 Å². The standard InChI is InChI=1S/C12H23N3S/c1-9(2)12(7-15(4)5)13-6-11-8-16-10(3)14-11/h8-9,12-13H,6-7H2,1-5H3. The molecule has 1 atom stereocenters. The minimum absolute atomic E-state index is 0.525. The van der Waals surface area contributed by atoms with Crippen molar-refractivity contribution in [2.45, 2.75) is 33.4 Å². The maximum absolute atomic E-state index is 4.46. The molecule has 0 aromatic carbocycles. The first-order chi connectivity index (χ1) is 7.49. The van der Waals surface area contributed by atoms with E-state index in [2.05, 4.69) is 48.5 Å². The molecule has 16 heavy (non-hydrogen) atoms. The molecule has 4 heteroatoms. The zero-order chi connectivity index (χ0) is 12.1. The van der Waals surface area contributed by atoms with E-state index in [1.807, 2.05) is 6.92 Å². The first-order valence-electron chi connectivity index (χ1n) is 5.78. The predicted octanol–water partition coefficient (Wildman–Crippen LogP) is 2.13. The fraction of sp³-hybridized carbons (Fsp3) is 0.750. The molecule has 0 saturated heterocycles. The maximum atomic E-state index is 4.46. The van der Waals surface area contributed by atoms with Crippen LogP contribution in [0.3, 0.4) is 0 Å². The van der Waals surface area contributed by atoms with Gasteiger partial charge < -0.3 is 10.2 Å². The molecule has 0 amide bonds. The van der Waals surface area contributed by atoms with Crippen LogP contribution in [-0.4, -0.2) is 36.6 Å². The fourth-order valence-electron chi connectivity index (χ4n) is 1.63. The van der Waals surface area contributed by atoms with E-state index in [9.17, 15) is 0 Å². The predicted molar refractivity (Wildman–Crippen MR) is 70.9 cm³/mol. The van der Waals surface area contributed by atoms with Gasteiger partial charge in [-0.1, -0.05) is 13.8 Å². The molecule has 0 bridgehead atoms. The van der Waals surface area contributed by atoms with Crippen LogP contribution in [0.1, 0.15) is 24.5 Å². The summed E-state index contributed by atoms with van der Waals surface area (Å²) >= 11 is 1.72. The highest BCUT2D eigenvalue weighted by Gasteiger charge is 2.13. The van der Waals surface area contributed by atoms with E-state index in [1.54, 1.807) is 11.3 Å². The third-order valence-corrected chi connectivity index (χ3v) is 3.40. The summed E-state index contributed by atoms with van der Waals surface area (Å²) in [6.45, 7) is 8.51. The molecule has 0 saturated carbocycles. The molecule has 1 unspecified atom stereocenters. The average molecular weight is 241 g/mol. The molecule has 0 aliphatic heterocycles. The van der Waals surface area contributed by atoms with Crippen LogP contribution in [0.2, 0.25) is 0 Å². The number of likely N-dealkylation sites (N-methyl/N-ethyl adjacent to an activating group) is 1. The van der Waals surface area contributed by atoms with Crippen molar-refractivity contribution in [1.82, 2.24) is 15.2 Å². The Morgan fingerprint density at radius 2 is 2.12 bits per heavy atom. The van der Waals surface area contributed by atoms with Gasteiger partial charge in [0.25, 0.3) is 0 Å². The number of hydrogen-bond acceptors (Lipinski definition) is 4. The minimum Gasteiger partial charge on any atom is -0.308 e. The Bertz CT molecular complexity index is 307. The molecule has 0 radical (unpaired) electrons. The molecule has 0 spiro atoms. The monoisotopic (exact) mass is 241 g/mol. The number of rotatable bonds is 6. The van der Waals surface area contributed by atoms with Gasteiger partial charge in [0.05, 0.1) is 10.7 Å². The molecule has 1 heterocycles. The van der Waals surface area contributed by atoms with Crippen molar-refractivity contribution in [3.8, 4) is 0 Å². The lowest BCUT2D eigenvalue weighted by Crippen LogP contribution is -2.41. The largest absolute Gasteiger partial charge is 0.308 e. The van der Waals surface area contributed by atoms with Crippen molar-refractivity contribution in [3.05, 3.63) is 16.1 Å². The number of aryl methyl sites for hydroxylation is 1. The van der Waals surface area contributed by atoms with E-state index in [0.717, 1.165) is 23.8 Å². The van der Waals surface area contributed by atoms with Crippen molar-refractivity contribution in [1.29, 1.82) is 0 Å². The van der Waals surface area contributed by atoms with Crippen LogP contribution in [0.25, 0.3) is 0 Å². The van der Waals surface area contributed by atoms with E-state index < -0.39 is 0 Å². The Labute approximate surface area is 103 Å². The van der Waals surface area contributed by atoms with Gasteiger partial charge in [0.15, 0.2) is 0 Å². The quantitative estimate of drug-likeness (QED) is 0.827. The smallest absolute Gasteiger partial charge is 0.0897 e. The summed E-state index contributed by atoms with van der Waals surface area (Å²) in [7, 11) is 4.23. The van der Waals surface area contributed by atoms with Crippen LogP contribution in [-0.2, 0) is 6.54 Å². The highest BCUT2D eigenvalue weighted by molar-refractivity contribution is 7.09. The van der Waals surface area contributed by atoms with E-state index in [-0.39, 0.29) is 0 Å². The number of thiazole rings is 1. The summed E-state index contributed by atoms with van der Waals surface area (Å²) in [4.78, 5) is 6.69. The normalized spacial score (nSPS) is 13.7. The summed E-state index contributed by atoms with van der Waals surface area (Å²) in [5.74, 6) is 0.641. The van der Waals surface area contributed by atoms with Gasteiger partial charge >= 0.3 is 0 Å². The Balaban J connectivity index is 2.43. The van der Waals surface area contributed by atoms with Gasteiger partial charge in [0.2, 0.25) is 0 Å². The van der Waals surface area contributed by atoms with Gasteiger partial charge in [0.1, 0.15) is 0 Å². The third-order valence-electron chi connectivity index (χ3n) is 2.58. The molecular formula is C12H23N3S. The molecule has 0 aliphatic rings. The van der Waals surface area contributed by atoms with Crippen LogP contribution < -0.4 is 5.32 Å². The first-order valence-corrected chi connectivity index (χ1v) is 6.66. The molecule has 0 aliphatic carbocycles. The summed E-state index contributed by atoms with van der Waals surface area (Å²) < 4.78 is 0. The second-order valence-electron chi connectivity index (χ2n) is 4.85. The van der Waals surface area contributed by atoms with Crippen molar-refractivity contribution >= 4 is 11.3 Å². The Kier molecular flexibility index (Phi) is 5.38. The molecule has 92 valence electrons. The highest BCUT2D eigenvalue weighted by Crippen LogP contribution is 2.09. The number of nitrogens with zero attached hydrogens (tertiary/aromatic N) is 2. The Hall–Kier alpha value is -0.450. The first kappa shape index (κ1) is 13.6. The van der Waals surface area contributed by atoms with Crippen molar-refractivity contribution in [2.75, 3.05) is 20.6 Å². The van der Waals surface area contributed by atoms with Crippen LogP contribution in [0, 0.1) is 12.8 Å². The van der Waals surface area contributed by atoms with E-state index in [1.165, 1.54) is 0 Å². The van der Waals surface area contributed by atoms with Crippen molar-refractivity contribution in [2.24, 2.45) is 5.92 Å².